The third kappa shape index (κ3) is 4.80. The molecule has 10 nitrogen and oxygen atoms in total. The predicted octanol–water partition coefficient (Wildman–Crippen LogP) is 1.05. The smallest absolute Gasteiger partial charge is 0.264 e. The number of thiazole rings is 1. The maximum atomic E-state index is 13.3. The van der Waals surface area contributed by atoms with E-state index in [2.05, 4.69) is 20.3 Å². The fourth-order valence-corrected chi connectivity index (χ4v) is 5.33. The first-order valence-corrected chi connectivity index (χ1v) is 12.2. The van der Waals surface area contributed by atoms with Gasteiger partial charge in [-0.25, -0.2) is 9.37 Å². The Labute approximate surface area is 204 Å². The number of aliphatic hydroxyl groups is 3. The second-order valence-electron chi connectivity index (χ2n) is 8.67. The molecule has 0 spiro atoms. The Kier molecular flexibility index (Phi) is 6.80. The van der Waals surface area contributed by atoms with Gasteiger partial charge in [0, 0.05) is 36.6 Å². The highest BCUT2D eigenvalue weighted by Crippen LogP contribution is 2.34. The molecular weight excluding hydrogens is 477 g/mol. The summed E-state index contributed by atoms with van der Waals surface area (Å²) >= 11 is 1.25. The second kappa shape index (κ2) is 9.99. The molecule has 0 amide bonds. The summed E-state index contributed by atoms with van der Waals surface area (Å²) in [5, 5.41) is 35.6. The van der Waals surface area contributed by atoms with Gasteiger partial charge in [-0.2, -0.15) is 4.98 Å². The van der Waals surface area contributed by atoms with Crippen LogP contribution < -0.4 is 15.8 Å². The molecule has 5 rings (SSSR count). The molecule has 4 atom stereocenters. The van der Waals surface area contributed by atoms with Crippen LogP contribution >= 0.6 is 11.3 Å². The first kappa shape index (κ1) is 23.8. The van der Waals surface area contributed by atoms with Crippen molar-refractivity contribution >= 4 is 23.1 Å². The topological polar surface area (TPSA) is 144 Å². The number of ether oxygens (including phenoxy) is 1. The van der Waals surface area contributed by atoms with Gasteiger partial charge in [-0.3, -0.25) is 9.78 Å². The van der Waals surface area contributed by atoms with Crippen molar-refractivity contribution in [2.45, 2.75) is 24.7 Å². The molecule has 1 aliphatic carbocycles. The van der Waals surface area contributed by atoms with Crippen molar-refractivity contribution in [3.05, 3.63) is 45.8 Å². The maximum absolute atomic E-state index is 13.3. The summed E-state index contributed by atoms with van der Waals surface area (Å²) in [4.78, 5) is 27.3. The number of hydrogen-bond donors (Lipinski definition) is 5. The summed E-state index contributed by atoms with van der Waals surface area (Å²) in [6, 6.07) is 5.30. The Hall–Kier alpha value is -2.90. The van der Waals surface area contributed by atoms with E-state index >= 15 is 0 Å². The van der Waals surface area contributed by atoms with Crippen LogP contribution in [0.5, 0.6) is 0 Å². The molecule has 1 saturated heterocycles. The highest BCUT2D eigenvalue weighted by Gasteiger charge is 2.41. The largest absolute Gasteiger partial charge is 0.396 e. The van der Waals surface area contributed by atoms with Gasteiger partial charge in [-0.15, -0.1) is 11.3 Å². The lowest BCUT2D eigenvalue weighted by Gasteiger charge is -2.28. The summed E-state index contributed by atoms with van der Waals surface area (Å²) < 4.78 is 18.7. The number of benzene rings is 1. The van der Waals surface area contributed by atoms with Crippen molar-refractivity contribution < 1.29 is 24.4 Å². The number of anilines is 2. The number of aromatic amines is 1. The Morgan fingerprint density at radius 1 is 1.17 bits per heavy atom. The molecule has 0 unspecified atom stereocenters. The van der Waals surface area contributed by atoms with Crippen molar-refractivity contribution in [3.63, 3.8) is 0 Å². The van der Waals surface area contributed by atoms with E-state index in [1.165, 1.54) is 23.5 Å². The third-order valence-electron chi connectivity index (χ3n) is 6.43. The number of halogens is 1. The van der Waals surface area contributed by atoms with E-state index in [4.69, 9.17) is 4.74 Å². The van der Waals surface area contributed by atoms with Crippen LogP contribution in [0.15, 0.2) is 34.4 Å². The molecule has 1 aliphatic heterocycles. The molecule has 3 heterocycles. The van der Waals surface area contributed by atoms with Crippen LogP contribution in [0.3, 0.4) is 0 Å². The van der Waals surface area contributed by atoms with Gasteiger partial charge in [0.1, 0.15) is 28.3 Å². The molecular formula is C23H26FN5O5S. The van der Waals surface area contributed by atoms with Crippen LogP contribution in [0.25, 0.3) is 21.8 Å². The van der Waals surface area contributed by atoms with E-state index in [1.807, 2.05) is 4.90 Å². The van der Waals surface area contributed by atoms with E-state index in [-0.39, 0.29) is 23.8 Å². The van der Waals surface area contributed by atoms with Crippen LogP contribution in [-0.2, 0) is 4.74 Å². The van der Waals surface area contributed by atoms with Crippen LogP contribution in [-0.4, -0.2) is 81.4 Å². The molecule has 5 N–H and O–H groups in total. The normalized spacial score (nSPS) is 24.6. The van der Waals surface area contributed by atoms with Gasteiger partial charge in [-0.05, 0) is 30.7 Å². The SMILES string of the molecule is O=c1[nH]c(N2CCOCC2)nc(N[C@@H]2C[C@H](CO)[C@@H](O)[C@H]2O)c1-c1nc(-c2ccc(F)cc2)cs1. The molecule has 3 aromatic rings. The highest BCUT2D eigenvalue weighted by atomic mass is 32.1. The average molecular weight is 504 g/mol. The lowest BCUT2D eigenvalue weighted by Crippen LogP contribution is -2.39. The fraction of sp³-hybridized carbons (Fsp3) is 0.435. The van der Waals surface area contributed by atoms with Crippen molar-refractivity contribution in [1.29, 1.82) is 0 Å². The second-order valence-corrected chi connectivity index (χ2v) is 9.53. The summed E-state index contributed by atoms with van der Waals surface area (Å²) in [5.41, 5.74) is 1.09. The minimum atomic E-state index is -1.14. The van der Waals surface area contributed by atoms with Crippen LogP contribution in [0.1, 0.15) is 6.42 Å². The summed E-state index contributed by atoms with van der Waals surface area (Å²) in [7, 11) is 0. The number of aliphatic hydroxyl groups excluding tert-OH is 3. The molecule has 2 aromatic heterocycles. The quantitative estimate of drug-likeness (QED) is 0.333. The number of nitrogens with zero attached hydrogens (tertiary/aromatic N) is 3. The van der Waals surface area contributed by atoms with Gasteiger partial charge in [0.15, 0.2) is 0 Å². The molecule has 35 heavy (non-hydrogen) atoms. The van der Waals surface area contributed by atoms with Gasteiger partial charge in [0.25, 0.3) is 5.56 Å². The van der Waals surface area contributed by atoms with E-state index in [1.54, 1.807) is 17.5 Å². The number of morpholine rings is 1. The zero-order chi connectivity index (χ0) is 24.5. The van der Waals surface area contributed by atoms with E-state index < -0.39 is 29.7 Å². The molecule has 2 aliphatic rings. The maximum Gasteiger partial charge on any atom is 0.264 e. The van der Waals surface area contributed by atoms with Crippen LogP contribution in [0, 0.1) is 11.7 Å². The third-order valence-corrected chi connectivity index (χ3v) is 7.29. The summed E-state index contributed by atoms with van der Waals surface area (Å²) in [5.74, 6) is -0.248. The Bertz CT molecular complexity index is 1230. The minimum absolute atomic E-state index is 0.203. The van der Waals surface area contributed by atoms with Crippen molar-refractivity contribution in [1.82, 2.24) is 15.0 Å². The first-order chi connectivity index (χ1) is 16.9. The minimum Gasteiger partial charge on any atom is -0.396 e. The lowest BCUT2D eigenvalue weighted by atomic mass is 10.1. The number of nitrogens with one attached hydrogen (secondary N) is 2. The molecule has 2 fully saturated rings. The molecule has 1 saturated carbocycles. The number of hydrogen-bond acceptors (Lipinski definition) is 10. The first-order valence-electron chi connectivity index (χ1n) is 11.4. The lowest BCUT2D eigenvalue weighted by molar-refractivity contribution is 0.00446. The van der Waals surface area contributed by atoms with Gasteiger partial charge in [0.05, 0.1) is 31.1 Å². The molecule has 1 aromatic carbocycles. The van der Waals surface area contributed by atoms with E-state index in [9.17, 15) is 24.5 Å². The standard InChI is InChI=1S/C23H26FN5O5S/c24-14-3-1-12(2-4-14)16-11-35-22(26-16)17-20(25-15-9-13(10-30)18(31)19(15)32)27-23(28-21(17)33)29-5-7-34-8-6-29/h1-4,11,13,15,18-19,30-32H,5-10H2,(H2,25,27,28,33)/t13-,15-,18-,19+/m1/s1. The zero-order valence-corrected chi connectivity index (χ0v) is 19.5. The molecule has 0 bridgehead atoms. The fourth-order valence-electron chi connectivity index (χ4n) is 4.46. The average Bonchev–Trinajstić information content (AvgIpc) is 3.45. The molecule has 12 heteroatoms. The molecule has 186 valence electrons. The Morgan fingerprint density at radius 3 is 2.60 bits per heavy atom. The summed E-state index contributed by atoms with van der Waals surface area (Å²) in [6.07, 6.45) is -1.93. The summed E-state index contributed by atoms with van der Waals surface area (Å²) in [6.45, 7) is 1.87. The number of aromatic nitrogens is 3. The molecule has 0 radical (unpaired) electrons. The monoisotopic (exact) mass is 503 g/mol. The highest BCUT2D eigenvalue weighted by molar-refractivity contribution is 7.13. The van der Waals surface area contributed by atoms with Gasteiger partial charge >= 0.3 is 0 Å². The zero-order valence-electron chi connectivity index (χ0n) is 18.7. The van der Waals surface area contributed by atoms with Gasteiger partial charge in [-0.1, -0.05) is 0 Å². The van der Waals surface area contributed by atoms with Crippen LogP contribution in [0.2, 0.25) is 0 Å². The number of rotatable bonds is 6. The van der Waals surface area contributed by atoms with Gasteiger partial charge in [0.2, 0.25) is 5.95 Å². The van der Waals surface area contributed by atoms with Crippen LogP contribution in [0.4, 0.5) is 16.2 Å². The predicted molar refractivity (Wildman–Crippen MR) is 129 cm³/mol. The van der Waals surface area contributed by atoms with Crippen molar-refractivity contribution in [3.8, 4) is 21.8 Å². The Balaban J connectivity index is 1.53. The Morgan fingerprint density at radius 2 is 1.91 bits per heavy atom. The number of H-pyrrole nitrogens is 1. The van der Waals surface area contributed by atoms with Crippen molar-refractivity contribution in [2.24, 2.45) is 5.92 Å². The van der Waals surface area contributed by atoms with Crippen molar-refractivity contribution in [2.75, 3.05) is 43.1 Å². The van der Waals surface area contributed by atoms with E-state index in [0.717, 1.165) is 0 Å². The van der Waals surface area contributed by atoms with Gasteiger partial charge < -0.3 is 30.3 Å². The van der Waals surface area contributed by atoms with E-state index in [0.29, 0.717) is 54.9 Å².